The molecule has 0 unspecified atom stereocenters. The Hall–Kier alpha value is -2.12. The first-order chi connectivity index (χ1) is 9.72. The minimum absolute atomic E-state index is 0.0733. The monoisotopic (exact) mass is 275 g/mol. The summed E-state index contributed by atoms with van der Waals surface area (Å²) in [6.45, 7) is 0.133. The van der Waals surface area contributed by atoms with Gasteiger partial charge in [0.05, 0.1) is 18.8 Å². The van der Waals surface area contributed by atoms with Gasteiger partial charge >= 0.3 is 11.4 Å². The van der Waals surface area contributed by atoms with Crippen molar-refractivity contribution in [3.8, 4) is 5.69 Å². The molecule has 3 heterocycles. The van der Waals surface area contributed by atoms with Gasteiger partial charge in [0.2, 0.25) is 0 Å². The number of para-hydroxylation sites is 1. The Balaban J connectivity index is 1.97. The second-order valence-electron chi connectivity index (χ2n) is 5.05. The zero-order chi connectivity index (χ0) is 13.9. The number of hydrogen-bond acceptors (Lipinski definition) is 4. The highest BCUT2D eigenvalue weighted by Gasteiger charge is 2.51. The second-order valence-corrected chi connectivity index (χ2v) is 5.05. The van der Waals surface area contributed by atoms with E-state index in [-0.39, 0.29) is 18.8 Å². The van der Waals surface area contributed by atoms with Gasteiger partial charge in [-0.25, -0.2) is 23.5 Å². The summed E-state index contributed by atoms with van der Waals surface area (Å²) >= 11 is 0. The van der Waals surface area contributed by atoms with Gasteiger partial charge in [-0.15, -0.1) is 0 Å². The molecule has 0 saturated carbocycles. The number of fused-ring (bicyclic) bond motifs is 2. The first kappa shape index (κ1) is 11.7. The predicted molar refractivity (Wildman–Crippen MR) is 69.1 cm³/mol. The summed E-state index contributed by atoms with van der Waals surface area (Å²) in [5.41, 5.74) is -0.300. The molecule has 1 aromatic heterocycles. The maximum Gasteiger partial charge on any atom is 0.352 e. The maximum absolute atomic E-state index is 12.5. The minimum atomic E-state index is -0.487. The van der Waals surface area contributed by atoms with Gasteiger partial charge in [-0.1, -0.05) is 18.2 Å². The van der Waals surface area contributed by atoms with E-state index < -0.39 is 17.4 Å². The van der Waals surface area contributed by atoms with Crippen molar-refractivity contribution in [3.63, 3.8) is 0 Å². The zero-order valence-corrected chi connectivity index (χ0v) is 10.5. The molecule has 1 fully saturated rings. The molecular weight excluding hydrogens is 262 g/mol. The van der Waals surface area contributed by atoms with Crippen molar-refractivity contribution in [2.45, 2.75) is 24.8 Å². The zero-order valence-electron chi connectivity index (χ0n) is 10.5. The molecular formula is C13H13N3O4. The summed E-state index contributed by atoms with van der Waals surface area (Å²) in [6, 6.07) is 8.29. The molecule has 7 heteroatoms. The lowest BCUT2D eigenvalue weighted by molar-refractivity contribution is 0.169. The number of aliphatic hydroxyl groups is 1. The van der Waals surface area contributed by atoms with Gasteiger partial charge < -0.3 is 9.84 Å². The van der Waals surface area contributed by atoms with Gasteiger partial charge in [-0.3, -0.25) is 0 Å². The predicted octanol–water partition coefficient (Wildman–Crippen LogP) is -0.885. The second kappa shape index (κ2) is 3.94. The number of aromatic nitrogens is 3. The van der Waals surface area contributed by atoms with Crippen molar-refractivity contribution < 1.29 is 9.84 Å². The Morgan fingerprint density at radius 3 is 2.65 bits per heavy atom. The van der Waals surface area contributed by atoms with E-state index in [1.54, 1.807) is 24.3 Å². The van der Waals surface area contributed by atoms with E-state index in [0.29, 0.717) is 12.2 Å². The summed E-state index contributed by atoms with van der Waals surface area (Å²) in [5.74, 6) is 0. The van der Waals surface area contributed by atoms with E-state index in [4.69, 9.17) is 4.74 Å². The van der Waals surface area contributed by atoms with E-state index in [0.717, 1.165) is 4.57 Å². The van der Waals surface area contributed by atoms with Gasteiger partial charge in [0.1, 0.15) is 18.2 Å². The molecule has 4 rings (SSSR count). The van der Waals surface area contributed by atoms with Gasteiger partial charge in [-0.2, -0.15) is 0 Å². The quantitative estimate of drug-likeness (QED) is 0.721. The standard InChI is InChI=1S/C13H13N3O4/c17-7-9-11-10(20-11)6-14-12(18)15(13(19)16(9)14)8-4-2-1-3-5-8/h1-5,9-11,17H,6-7H2/t9-,10+,11-/m1/s1. The highest BCUT2D eigenvalue weighted by Crippen LogP contribution is 2.36. The molecule has 104 valence electrons. The van der Waals surface area contributed by atoms with Crippen LogP contribution in [0, 0.1) is 0 Å². The Kier molecular flexibility index (Phi) is 2.30. The first-order valence-corrected chi connectivity index (χ1v) is 6.48. The highest BCUT2D eigenvalue weighted by molar-refractivity contribution is 5.30. The number of hydrogen-bond donors (Lipinski definition) is 1. The topological polar surface area (TPSA) is 81.7 Å². The lowest BCUT2D eigenvalue weighted by atomic mass is 10.1. The van der Waals surface area contributed by atoms with Gasteiger partial charge in [0.15, 0.2) is 0 Å². The van der Waals surface area contributed by atoms with Gasteiger partial charge in [0, 0.05) is 0 Å². The molecule has 2 aliphatic rings. The van der Waals surface area contributed by atoms with Crippen LogP contribution in [0.2, 0.25) is 0 Å². The number of ether oxygens (including phenoxy) is 1. The van der Waals surface area contributed by atoms with E-state index in [9.17, 15) is 14.7 Å². The summed E-state index contributed by atoms with van der Waals surface area (Å²) < 4.78 is 9.21. The number of rotatable bonds is 2. The van der Waals surface area contributed by atoms with Crippen LogP contribution in [0.4, 0.5) is 0 Å². The fourth-order valence-electron chi connectivity index (χ4n) is 2.91. The van der Waals surface area contributed by atoms with Crippen molar-refractivity contribution >= 4 is 0 Å². The smallest absolute Gasteiger partial charge is 0.352 e. The van der Waals surface area contributed by atoms with E-state index in [1.807, 2.05) is 6.07 Å². The van der Waals surface area contributed by atoms with Crippen LogP contribution in [0.25, 0.3) is 5.69 Å². The summed E-state index contributed by atoms with van der Waals surface area (Å²) in [4.78, 5) is 24.9. The SMILES string of the molecule is O=c1n(-c2ccccc2)c(=O)n2n1C[C@@H]1O[C@@H]1[C@H]2CO. The van der Waals surface area contributed by atoms with Crippen LogP contribution in [-0.2, 0) is 11.3 Å². The van der Waals surface area contributed by atoms with Crippen LogP contribution in [0.3, 0.4) is 0 Å². The van der Waals surface area contributed by atoms with Crippen molar-refractivity contribution in [3.05, 3.63) is 51.3 Å². The first-order valence-electron chi connectivity index (χ1n) is 6.48. The molecule has 0 aliphatic carbocycles. The molecule has 3 atom stereocenters. The molecule has 20 heavy (non-hydrogen) atoms. The summed E-state index contributed by atoms with van der Waals surface area (Å²) in [5, 5.41) is 9.47. The van der Waals surface area contributed by atoms with Crippen molar-refractivity contribution in [2.75, 3.05) is 6.61 Å². The highest BCUT2D eigenvalue weighted by atomic mass is 16.6. The molecule has 0 amide bonds. The van der Waals surface area contributed by atoms with Gasteiger partial charge in [-0.05, 0) is 12.1 Å². The minimum Gasteiger partial charge on any atom is -0.394 e. The van der Waals surface area contributed by atoms with E-state index in [2.05, 4.69) is 0 Å². The van der Waals surface area contributed by atoms with E-state index in [1.165, 1.54) is 9.36 Å². The largest absolute Gasteiger partial charge is 0.394 e. The van der Waals surface area contributed by atoms with Crippen molar-refractivity contribution in [1.29, 1.82) is 0 Å². The molecule has 7 nitrogen and oxygen atoms in total. The number of benzene rings is 1. The number of epoxide rings is 1. The lowest BCUT2D eigenvalue weighted by Crippen LogP contribution is -2.40. The van der Waals surface area contributed by atoms with Crippen LogP contribution in [0.5, 0.6) is 0 Å². The fourth-order valence-corrected chi connectivity index (χ4v) is 2.91. The molecule has 1 aromatic carbocycles. The van der Waals surface area contributed by atoms with Crippen LogP contribution < -0.4 is 11.4 Å². The van der Waals surface area contributed by atoms with Crippen LogP contribution in [-0.4, -0.2) is 37.9 Å². The molecule has 2 aromatic rings. The molecule has 0 spiro atoms. The normalized spacial score (nSPS) is 26.9. The molecule has 0 radical (unpaired) electrons. The van der Waals surface area contributed by atoms with Gasteiger partial charge in [0.25, 0.3) is 0 Å². The number of nitrogens with zero attached hydrogens (tertiary/aromatic N) is 3. The average Bonchev–Trinajstić information content (AvgIpc) is 3.20. The van der Waals surface area contributed by atoms with Crippen LogP contribution in [0.1, 0.15) is 6.04 Å². The summed E-state index contributed by atoms with van der Waals surface area (Å²) in [7, 11) is 0. The van der Waals surface area contributed by atoms with Crippen LogP contribution >= 0.6 is 0 Å². The molecule has 1 N–H and O–H groups in total. The molecule has 2 aliphatic heterocycles. The summed E-state index contributed by atoms with van der Waals surface area (Å²) in [6.07, 6.45) is -0.236. The van der Waals surface area contributed by atoms with Crippen molar-refractivity contribution in [2.24, 2.45) is 0 Å². The third kappa shape index (κ3) is 1.41. The molecule has 0 bridgehead atoms. The molecule has 1 saturated heterocycles. The Bertz CT molecular complexity index is 773. The third-order valence-electron chi connectivity index (χ3n) is 3.93. The number of aliphatic hydroxyl groups excluding tert-OH is 1. The Morgan fingerprint density at radius 1 is 1.20 bits per heavy atom. The maximum atomic E-state index is 12.5. The fraction of sp³-hybridized carbons (Fsp3) is 0.385. The Labute approximate surface area is 113 Å². The average molecular weight is 275 g/mol. The van der Waals surface area contributed by atoms with E-state index >= 15 is 0 Å². The Morgan fingerprint density at radius 2 is 1.95 bits per heavy atom. The third-order valence-corrected chi connectivity index (χ3v) is 3.93. The lowest BCUT2D eigenvalue weighted by Gasteiger charge is -2.19. The van der Waals surface area contributed by atoms with Crippen LogP contribution in [0.15, 0.2) is 39.9 Å². The van der Waals surface area contributed by atoms with Crippen molar-refractivity contribution in [1.82, 2.24) is 13.9 Å².